The molecule has 2 nitrogen and oxygen atoms in total. The zero-order valence-corrected chi connectivity index (χ0v) is 10.4. The molecule has 0 aliphatic carbocycles. The van der Waals surface area contributed by atoms with Gasteiger partial charge in [0.2, 0.25) is 0 Å². The molecule has 1 aliphatic rings. The van der Waals surface area contributed by atoms with Crippen molar-refractivity contribution in [1.29, 1.82) is 0 Å². The second-order valence-corrected chi connectivity index (χ2v) is 6.00. The normalized spacial score (nSPS) is 19.5. The Labute approximate surface area is 97.0 Å². The fraction of sp³-hybridized carbons (Fsp3) is 0.600. The van der Waals surface area contributed by atoms with E-state index in [9.17, 15) is 0 Å². The van der Waals surface area contributed by atoms with Crippen molar-refractivity contribution in [2.75, 3.05) is 26.3 Å². The van der Waals surface area contributed by atoms with Crippen LogP contribution in [0.5, 0.6) is 0 Å². The summed E-state index contributed by atoms with van der Waals surface area (Å²) >= 11 is 5.31. The molecule has 2 rings (SSSR count). The first-order chi connectivity index (χ1) is 6.84. The molecule has 4 heteroatoms. The number of thiophene rings is 1. The predicted molar refractivity (Wildman–Crippen MR) is 62.7 cm³/mol. The molecule has 0 bridgehead atoms. The zero-order valence-electron chi connectivity index (χ0n) is 8.04. The largest absolute Gasteiger partial charge is 0.380 e. The van der Waals surface area contributed by atoms with Crippen LogP contribution in [0.3, 0.4) is 0 Å². The Balaban J connectivity index is 1.89. The van der Waals surface area contributed by atoms with Gasteiger partial charge in [0, 0.05) is 31.1 Å². The first-order valence-corrected chi connectivity index (χ1v) is 6.50. The fourth-order valence-electron chi connectivity index (χ4n) is 1.61. The minimum absolute atomic E-state index is 0.881. The molecule has 0 unspecified atom stereocenters. The van der Waals surface area contributed by atoms with Crippen LogP contribution in [-0.4, -0.2) is 31.2 Å². The standard InChI is InChI=1S/C10H14BrNOS/c11-10-3-2-9(14-10)8-12-4-1-6-13-7-5-12/h2-3H,1,4-8H2. The van der Waals surface area contributed by atoms with Crippen molar-refractivity contribution in [2.24, 2.45) is 0 Å². The van der Waals surface area contributed by atoms with E-state index in [1.165, 1.54) is 8.66 Å². The summed E-state index contributed by atoms with van der Waals surface area (Å²) in [5.41, 5.74) is 0. The van der Waals surface area contributed by atoms with Crippen LogP contribution in [0.4, 0.5) is 0 Å². The Morgan fingerprint density at radius 1 is 1.36 bits per heavy atom. The van der Waals surface area contributed by atoms with Crippen molar-refractivity contribution in [3.63, 3.8) is 0 Å². The van der Waals surface area contributed by atoms with Crippen LogP contribution in [0.1, 0.15) is 11.3 Å². The fourth-order valence-corrected chi connectivity index (χ4v) is 3.14. The van der Waals surface area contributed by atoms with Gasteiger partial charge in [-0.15, -0.1) is 11.3 Å². The first-order valence-electron chi connectivity index (χ1n) is 4.89. The van der Waals surface area contributed by atoms with E-state index in [2.05, 4.69) is 33.0 Å². The van der Waals surface area contributed by atoms with E-state index >= 15 is 0 Å². The van der Waals surface area contributed by atoms with Gasteiger partial charge in [-0.3, -0.25) is 4.90 Å². The Morgan fingerprint density at radius 2 is 2.29 bits per heavy atom. The molecule has 14 heavy (non-hydrogen) atoms. The van der Waals surface area contributed by atoms with Crippen LogP contribution in [-0.2, 0) is 11.3 Å². The Kier molecular flexibility index (Phi) is 3.99. The highest BCUT2D eigenvalue weighted by molar-refractivity contribution is 9.11. The number of ether oxygens (including phenoxy) is 1. The maximum Gasteiger partial charge on any atom is 0.0701 e. The smallest absolute Gasteiger partial charge is 0.0701 e. The SMILES string of the molecule is Brc1ccc(CN2CCCOCC2)s1. The lowest BCUT2D eigenvalue weighted by molar-refractivity contribution is 0.140. The third-order valence-electron chi connectivity index (χ3n) is 2.32. The maximum atomic E-state index is 5.42. The van der Waals surface area contributed by atoms with Crippen LogP contribution < -0.4 is 0 Å². The molecule has 0 atom stereocenters. The van der Waals surface area contributed by atoms with Crippen molar-refractivity contribution < 1.29 is 4.74 Å². The van der Waals surface area contributed by atoms with Gasteiger partial charge in [-0.2, -0.15) is 0 Å². The lowest BCUT2D eigenvalue weighted by atomic mass is 10.3. The summed E-state index contributed by atoms with van der Waals surface area (Å²) in [6, 6.07) is 4.31. The Hall–Kier alpha value is 0.1000. The van der Waals surface area contributed by atoms with Gasteiger partial charge in [-0.1, -0.05) is 0 Å². The van der Waals surface area contributed by atoms with E-state index in [0.717, 1.165) is 39.3 Å². The average Bonchev–Trinajstić information content (AvgIpc) is 2.43. The summed E-state index contributed by atoms with van der Waals surface area (Å²) in [6.45, 7) is 5.10. The molecule has 1 aromatic heterocycles. The van der Waals surface area contributed by atoms with Gasteiger partial charge in [0.05, 0.1) is 10.4 Å². The second kappa shape index (κ2) is 5.26. The van der Waals surface area contributed by atoms with E-state index < -0.39 is 0 Å². The molecule has 0 N–H and O–H groups in total. The summed E-state index contributed by atoms with van der Waals surface area (Å²) in [5, 5.41) is 0. The van der Waals surface area contributed by atoms with Gasteiger partial charge in [-0.25, -0.2) is 0 Å². The molecule has 78 valence electrons. The number of rotatable bonds is 2. The monoisotopic (exact) mass is 275 g/mol. The van der Waals surface area contributed by atoms with Gasteiger partial charge in [0.25, 0.3) is 0 Å². The first kappa shape index (κ1) is 10.6. The Bertz CT molecular complexity index is 281. The molecule has 1 aromatic rings. The number of hydrogen-bond acceptors (Lipinski definition) is 3. The molecular weight excluding hydrogens is 262 g/mol. The molecule has 1 fully saturated rings. The molecule has 1 saturated heterocycles. The molecule has 0 aromatic carbocycles. The van der Waals surface area contributed by atoms with Gasteiger partial charge in [-0.05, 0) is 34.5 Å². The van der Waals surface area contributed by atoms with Gasteiger partial charge in [0.1, 0.15) is 0 Å². The minimum Gasteiger partial charge on any atom is -0.380 e. The zero-order chi connectivity index (χ0) is 9.80. The highest BCUT2D eigenvalue weighted by Gasteiger charge is 2.10. The number of hydrogen-bond donors (Lipinski definition) is 0. The van der Waals surface area contributed by atoms with Crippen molar-refractivity contribution in [3.05, 3.63) is 20.8 Å². The molecule has 1 aliphatic heterocycles. The van der Waals surface area contributed by atoms with Gasteiger partial charge < -0.3 is 4.74 Å². The third-order valence-corrected chi connectivity index (χ3v) is 3.93. The lowest BCUT2D eigenvalue weighted by Gasteiger charge is -2.17. The van der Waals surface area contributed by atoms with E-state index in [-0.39, 0.29) is 0 Å². The van der Waals surface area contributed by atoms with Crippen LogP contribution >= 0.6 is 27.3 Å². The predicted octanol–water partition coefficient (Wildman–Crippen LogP) is 2.73. The molecular formula is C10H14BrNOS. The molecule has 0 spiro atoms. The quantitative estimate of drug-likeness (QED) is 0.823. The summed E-state index contributed by atoms with van der Waals surface area (Å²) in [7, 11) is 0. The van der Waals surface area contributed by atoms with Crippen LogP contribution in [0, 0.1) is 0 Å². The molecule has 0 radical (unpaired) electrons. The summed E-state index contributed by atoms with van der Waals surface area (Å²) < 4.78 is 6.64. The van der Waals surface area contributed by atoms with Crippen LogP contribution in [0.25, 0.3) is 0 Å². The lowest BCUT2D eigenvalue weighted by Crippen LogP contribution is -2.25. The highest BCUT2D eigenvalue weighted by Crippen LogP contribution is 2.23. The van der Waals surface area contributed by atoms with Crippen molar-refractivity contribution in [2.45, 2.75) is 13.0 Å². The second-order valence-electron chi connectivity index (χ2n) is 3.45. The van der Waals surface area contributed by atoms with Crippen LogP contribution in [0.2, 0.25) is 0 Å². The van der Waals surface area contributed by atoms with Crippen molar-refractivity contribution in [3.8, 4) is 0 Å². The summed E-state index contributed by atoms with van der Waals surface area (Å²) in [5.74, 6) is 0. The topological polar surface area (TPSA) is 12.5 Å². The van der Waals surface area contributed by atoms with E-state index in [4.69, 9.17) is 4.74 Å². The van der Waals surface area contributed by atoms with Gasteiger partial charge >= 0.3 is 0 Å². The average molecular weight is 276 g/mol. The van der Waals surface area contributed by atoms with Crippen molar-refractivity contribution in [1.82, 2.24) is 4.90 Å². The summed E-state index contributed by atoms with van der Waals surface area (Å²) in [6.07, 6.45) is 1.16. The van der Waals surface area contributed by atoms with Crippen molar-refractivity contribution >= 4 is 27.3 Å². The minimum atomic E-state index is 0.881. The number of halogens is 1. The van der Waals surface area contributed by atoms with E-state index in [1.807, 2.05) is 11.3 Å². The molecule has 0 saturated carbocycles. The maximum absolute atomic E-state index is 5.42. The summed E-state index contributed by atoms with van der Waals surface area (Å²) in [4.78, 5) is 3.89. The number of nitrogens with zero attached hydrogens (tertiary/aromatic N) is 1. The van der Waals surface area contributed by atoms with Crippen LogP contribution in [0.15, 0.2) is 15.9 Å². The van der Waals surface area contributed by atoms with E-state index in [0.29, 0.717) is 0 Å². The van der Waals surface area contributed by atoms with Gasteiger partial charge in [0.15, 0.2) is 0 Å². The highest BCUT2D eigenvalue weighted by atomic mass is 79.9. The third kappa shape index (κ3) is 3.05. The van der Waals surface area contributed by atoms with E-state index in [1.54, 1.807) is 0 Å². The molecule has 0 amide bonds. The Morgan fingerprint density at radius 3 is 3.07 bits per heavy atom. The molecule has 2 heterocycles.